The van der Waals surface area contributed by atoms with Gasteiger partial charge in [0.25, 0.3) is 0 Å². The molecule has 0 saturated carbocycles. The van der Waals surface area contributed by atoms with Crippen molar-refractivity contribution in [3.63, 3.8) is 0 Å². The number of rotatable bonds is 3. The fourth-order valence-electron chi connectivity index (χ4n) is 2.60. The molecule has 7 nitrogen and oxygen atoms in total. The van der Waals surface area contributed by atoms with Gasteiger partial charge < -0.3 is 4.74 Å². The van der Waals surface area contributed by atoms with E-state index in [0.717, 1.165) is 29.7 Å². The fourth-order valence-corrected chi connectivity index (χ4v) is 2.96. The summed E-state index contributed by atoms with van der Waals surface area (Å²) >= 11 is 0. The van der Waals surface area contributed by atoms with Gasteiger partial charge in [0.05, 0.1) is 0 Å². The second kappa shape index (κ2) is 12.0. The second-order valence-corrected chi connectivity index (χ2v) is 6.97. The van der Waals surface area contributed by atoms with E-state index in [1.54, 1.807) is 36.7 Å². The standard InChI is InChI=1S/C15H11N3O3S.C4H8O.C2H6/c19-15(14-7-11-9-16-6-5-13(11)18-14)17-8-10-1-3-12(4-2-10)22(20)21;1-2-4-5-3-1;1-2/h1-7,9H,8H2,(H-,16,17,18,19);1-4H2;1-2H3/p+1. The number of amides is 1. The molecule has 0 radical (unpaired) electrons. The molecular formula is C21H26N3O4S+. The molecule has 3 aromatic rings. The molecule has 2 aromatic heterocycles. The van der Waals surface area contributed by atoms with Crippen LogP contribution in [-0.4, -0.2) is 33.3 Å². The van der Waals surface area contributed by atoms with E-state index < -0.39 is 10.5 Å². The Morgan fingerprint density at radius 3 is 2.45 bits per heavy atom. The minimum atomic E-state index is -2.24. The molecule has 0 spiro atoms. The first kappa shape index (κ1) is 22.6. The van der Waals surface area contributed by atoms with Gasteiger partial charge in [0.2, 0.25) is 0 Å². The molecule has 1 aromatic carbocycles. The Morgan fingerprint density at radius 1 is 1.21 bits per heavy atom. The predicted molar refractivity (Wildman–Crippen MR) is 112 cm³/mol. The maximum atomic E-state index is 12.1. The van der Waals surface area contributed by atoms with Crippen molar-refractivity contribution in [3.05, 3.63) is 60.0 Å². The third-order valence-electron chi connectivity index (χ3n) is 4.06. The molecule has 0 bridgehead atoms. The number of hydrogen-bond donors (Lipinski definition) is 2. The number of aromatic nitrogens is 2. The van der Waals surface area contributed by atoms with Crippen molar-refractivity contribution >= 4 is 27.4 Å². The molecule has 1 fully saturated rings. The first-order chi connectivity index (χ1) is 14.1. The Balaban J connectivity index is 0.000000367. The molecule has 29 heavy (non-hydrogen) atoms. The summed E-state index contributed by atoms with van der Waals surface area (Å²) in [6.07, 6.45) is 5.90. The number of benzene rings is 1. The summed E-state index contributed by atoms with van der Waals surface area (Å²) < 4.78 is 26.5. The van der Waals surface area contributed by atoms with Crippen LogP contribution in [0.5, 0.6) is 0 Å². The first-order valence-corrected chi connectivity index (χ1v) is 10.7. The number of ether oxygens (including phenoxy) is 1. The van der Waals surface area contributed by atoms with Crippen LogP contribution >= 0.6 is 0 Å². The third-order valence-corrected chi connectivity index (χ3v) is 4.72. The van der Waals surface area contributed by atoms with Gasteiger partial charge in [-0.15, -0.1) is 0 Å². The van der Waals surface area contributed by atoms with Crippen LogP contribution in [0.4, 0.5) is 0 Å². The molecule has 0 aliphatic carbocycles. The van der Waals surface area contributed by atoms with E-state index in [1.807, 2.05) is 13.8 Å². The summed E-state index contributed by atoms with van der Waals surface area (Å²) in [6.45, 7) is 6.32. The normalized spacial score (nSPS) is 12.3. The summed E-state index contributed by atoms with van der Waals surface area (Å²) in [5, 5.41) is 3.65. The van der Waals surface area contributed by atoms with Crippen molar-refractivity contribution in [1.29, 1.82) is 0 Å². The SMILES string of the molecule is C1CCOC1.CC.O=C(NCc1ccc(S(=O)#[O+])cc1)c1cc2cnccc2[nH]1. The number of carbonyl (C=O) groups excluding carboxylic acids is 1. The molecule has 1 aliphatic rings. The van der Waals surface area contributed by atoms with Crippen LogP contribution < -0.4 is 5.32 Å². The number of carbonyl (C=O) groups is 1. The number of nitrogens with zero attached hydrogens (tertiary/aromatic N) is 1. The Kier molecular flexibility index (Phi) is 9.36. The van der Waals surface area contributed by atoms with E-state index in [-0.39, 0.29) is 10.8 Å². The molecule has 1 aliphatic heterocycles. The molecule has 154 valence electrons. The molecule has 0 unspecified atom stereocenters. The zero-order chi connectivity index (χ0) is 21.1. The fraction of sp³-hybridized carbons (Fsp3) is 0.333. The van der Waals surface area contributed by atoms with Gasteiger partial charge >= 0.3 is 116 Å². The van der Waals surface area contributed by atoms with Crippen LogP contribution in [0.1, 0.15) is 42.7 Å². The summed E-state index contributed by atoms with van der Waals surface area (Å²) in [5.74, 6) is -0.229. The van der Waals surface area contributed by atoms with Gasteiger partial charge in [-0.25, -0.2) is 0 Å². The molecule has 3 heterocycles. The summed E-state index contributed by atoms with van der Waals surface area (Å²) in [4.78, 5) is 19.3. The summed E-state index contributed by atoms with van der Waals surface area (Å²) in [6, 6.07) is 9.87. The van der Waals surface area contributed by atoms with Crippen molar-refractivity contribution in [2.45, 2.75) is 38.1 Å². The summed E-state index contributed by atoms with van der Waals surface area (Å²) in [5.41, 5.74) is 2.13. The molecule has 1 amide bonds. The van der Waals surface area contributed by atoms with E-state index in [4.69, 9.17) is 4.74 Å². The average Bonchev–Trinajstić information content (AvgIpc) is 3.46. The van der Waals surface area contributed by atoms with Gasteiger partial charge in [0.15, 0.2) is 0 Å². The first-order valence-electron chi connectivity index (χ1n) is 9.60. The van der Waals surface area contributed by atoms with Gasteiger partial charge in [-0.05, 0) is 12.8 Å². The number of pyridine rings is 1. The Bertz CT molecular complexity index is 998. The van der Waals surface area contributed by atoms with E-state index in [9.17, 15) is 13.0 Å². The molecule has 8 heteroatoms. The Labute approximate surface area is 172 Å². The van der Waals surface area contributed by atoms with Crippen molar-refractivity contribution in [2.75, 3.05) is 13.2 Å². The van der Waals surface area contributed by atoms with Crippen LogP contribution in [0.3, 0.4) is 0 Å². The topological polar surface area (TPSA) is 104 Å². The third kappa shape index (κ3) is 7.01. The predicted octanol–water partition coefficient (Wildman–Crippen LogP) is 3.77. The number of hydrogen-bond acceptors (Lipinski definition) is 4. The van der Waals surface area contributed by atoms with Crippen LogP contribution in [0.15, 0.2) is 53.7 Å². The molecule has 2 N–H and O–H groups in total. The van der Waals surface area contributed by atoms with Gasteiger partial charge in [-0.1, -0.05) is 13.8 Å². The van der Waals surface area contributed by atoms with Crippen LogP contribution in [0.2, 0.25) is 0 Å². The molecule has 1 saturated heterocycles. The number of H-pyrrole nitrogens is 1. The van der Waals surface area contributed by atoms with Crippen LogP contribution in [0, 0.1) is 0 Å². The quantitative estimate of drug-likeness (QED) is 0.634. The van der Waals surface area contributed by atoms with Gasteiger partial charge in [-0.2, -0.15) is 0 Å². The minimum absolute atomic E-state index is 0.221. The van der Waals surface area contributed by atoms with Crippen LogP contribution in [0.25, 0.3) is 10.9 Å². The van der Waals surface area contributed by atoms with Crippen molar-refractivity contribution in [1.82, 2.24) is 15.3 Å². The van der Waals surface area contributed by atoms with E-state index in [0.29, 0.717) is 12.2 Å². The number of nitrogens with one attached hydrogen (secondary N) is 2. The second-order valence-electron chi connectivity index (χ2n) is 6.03. The maximum absolute atomic E-state index is 12.1. The number of fused-ring (bicyclic) bond motifs is 1. The number of aromatic amines is 1. The van der Waals surface area contributed by atoms with Gasteiger partial charge in [-0.3, -0.25) is 4.98 Å². The summed E-state index contributed by atoms with van der Waals surface area (Å²) in [7, 11) is -2.24. The van der Waals surface area contributed by atoms with Crippen molar-refractivity contribution < 1.29 is 17.8 Å². The van der Waals surface area contributed by atoms with Gasteiger partial charge in [0.1, 0.15) is 0 Å². The zero-order valence-corrected chi connectivity index (χ0v) is 17.5. The van der Waals surface area contributed by atoms with E-state index in [1.165, 1.54) is 25.0 Å². The Hall–Kier alpha value is -2.68. The average molecular weight is 417 g/mol. The van der Waals surface area contributed by atoms with Gasteiger partial charge in [0, 0.05) is 19.4 Å². The monoisotopic (exact) mass is 416 g/mol. The zero-order valence-electron chi connectivity index (χ0n) is 16.6. The Morgan fingerprint density at radius 2 is 1.90 bits per heavy atom. The van der Waals surface area contributed by atoms with Crippen LogP contribution in [-0.2, 0) is 25.9 Å². The molecule has 0 atom stereocenters. The van der Waals surface area contributed by atoms with Crippen molar-refractivity contribution in [3.8, 4) is 0 Å². The van der Waals surface area contributed by atoms with E-state index in [2.05, 4.69) is 15.3 Å². The van der Waals surface area contributed by atoms with Crippen molar-refractivity contribution in [2.24, 2.45) is 0 Å². The molecular weight excluding hydrogens is 390 g/mol. The molecule has 4 rings (SSSR count). The van der Waals surface area contributed by atoms with E-state index >= 15 is 0 Å².